The van der Waals surface area contributed by atoms with Gasteiger partial charge in [0.1, 0.15) is 13.2 Å². The summed E-state index contributed by atoms with van der Waals surface area (Å²) in [6.07, 6.45) is 61.0. The number of nitrogens with zero attached hydrogens (tertiary/aromatic N) is 1. The van der Waals surface area contributed by atoms with Gasteiger partial charge in [0, 0.05) is 6.42 Å². The van der Waals surface area contributed by atoms with Crippen molar-refractivity contribution >= 4 is 13.7 Å². The summed E-state index contributed by atoms with van der Waals surface area (Å²) in [5, 5.41) is 13.8. The van der Waals surface area contributed by atoms with Crippen molar-refractivity contribution in [3.63, 3.8) is 0 Å². The minimum atomic E-state index is -4.37. The third-order valence-electron chi connectivity index (χ3n) is 10.6. The van der Waals surface area contributed by atoms with Gasteiger partial charge in [0.05, 0.1) is 39.9 Å². The smallest absolute Gasteiger partial charge is 0.387 e. The number of aliphatic hydroxyl groups excluding tert-OH is 1. The van der Waals surface area contributed by atoms with Gasteiger partial charge in [-0.1, -0.05) is 195 Å². The average Bonchev–Trinajstić information content (AvgIpc) is 3.23. The van der Waals surface area contributed by atoms with E-state index in [9.17, 15) is 19.4 Å². The Morgan fingerprint density at radius 1 is 0.565 bits per heavy atom. The first-order chi connectivity index (χ1) is 30.0. The maximum Gasteiger partial charge on any atom is 0.472 e. The van der Waals surface area contributed by atoms with Crippen LogP contribution in [0.1, 0.15) is 194 Å². The molecule has 62 heavy (non-hydrogen) atoms. The number of unbranched alkanes of at least 4 members (excludes halogenated alkanes) is 19. The van der Waals surface area contributed by atoms with Crippen LogP contribution in [0.5, 0.6) is 0 Å². The second-order valence-electron chi connectivity index (χ2n) is 17.8. The first-order valence-corrected chi connectivity index (χ1v) is 26.5. The first kappa shape index (κ1) is 59.7. The van der Waals surface area contributed by atoms with Crippen LogP contribution in [0.15, 0.2) is 85.1 Å². The number of amides is 1. The van der Waals surface area contributed by atoms with Crippen LogP contribution in [0, 0.1) is 0 Å². The normalized spacial score (nSPS) is 14.9. The van der Waals surface area contributed by atoms with E-state index in [-0.39, 0.29) is 19.1 Å². The predicted octanol–water partition coefficient (Wildman–Crippen LogP) is 14.5. The van der Waals surface area contributed by atoms with Crippen LogP contribution in [0.3, 0.4) is 0 Å². The molecular formula is C53H96N2O6P+. The highest BCUT2D eigenvalue weighted by Gasteiger charge is 2.27. The summed E-state index contributed by atoms with van der Waals surface area (Å²) in [4.78, 5) is 23.2. The topological polar surface area (TPSA) is 105 Å². The highest BCUT2D eigenvalue weighted by Crippen LogP contribution is 2.43. The second kappa shape index (κ2) is 43.9. The van der Waals surface area contributed by atoms with E-state index >= 15 is 0 Å². The number of allylic oxidation sites excluding steroid dienone is 13. The van der Waals surface area contributed by atoms with Crippen molar-refractivity contribution in [2.24, 2.45) is 0 Å². The second-order valence-corrected chi connectivity index (χ2v) is 19.3. The Balaban J connectivity index is 4.47. The minimum Gasteiger partial charge on any atom is -0.387 e. The van der Waals surface area contributed by atoms with E-state index in [1.54, 1.807) is 6.08 Å². The monoisotopic (exact) mass is 888 g/mol. The number of nitrogens with one attached hydrogen (secondary N) is 1. The largest absolute Gasteiger partial charge is 0.472 e. The van der Waals surface area contributed by atoms with E-state index < -0.39 is 20.0 Å². The highest BCUT2D eigenvalue weighted by molar-refractivity contribution is 7.47. The molecule has 0 bridgehead atoms. The zero-order valence-corrected chi connectivity index (χ0v) is 41.5. The third-order valence-corrected chi connectivity index (χ3v) is 11.6. The molecule has 0 saturated heterocycles. The molecule has 3 unspecified atom stereocenters. The van der Waals surface area contributed by atoms with E-state index in [0.29, 0.717) is 23.9 Å². The van der Waals surface area contributed by atoms with E-state index in [4.69, 9.17) is 9.05 Å². The summed E-state index contributed by atoms with van der Waals surface area (Å²) in [7, 11) is 1.52. The average molecular weight is 888 g/mol. The maximum absolute atomic E-state index is 12.9. The summed E-state index contributed by atoms with van der Waals surface area (Å²) >= 11 is 0. The number of quaternary nitrogens is 1. The molecule has 0 rings (SSSR count). The van der Waals surface area contributed by atoms with Crippen LogP contribution < -0.4 is 5.32 Å². The fraction of sp³-hybridized carbons (Fsp3) is 0.717. The van der Waals surface area contributed by atoms with Gasteiger partial charge in [0.15, 0.2) is 0 Å². The minimum absolute atomic E-state index is 0.0450. The van der Waals surface area contributed by atoms with Crippen molar-refractivity contribution in [2.45, 2.75) is 206 Å². The molecular weight excluding hydrogens is 792 g/mol. The summed E-state index contributed by atoms with van der Waals surface area (Å²) in [6, 6.07) is -0.886. The molecule has 0 spiro atoms. The Morgan fingerprint density at radius 3 is 1.48 bits per heavy atom. The van der Waals surface area contributed by atoms with Crippen molar-refractivity contribution in [3.8, 4) is 0 Å². The predicted molar refractivity (Wildman–Crippen MR) is 267 cm³/mol. The Labute approximate surface area is 382 Å². The highest BCUT2D eigenvalue weighted by atomic mass is 31.2. The van der Waals surface area contributed by atoms with Gasteiger partial charge in [-0.15, -0.1) is 0 Å². The van der Waals surface area contributed by atoms with Gasteiger partial charge in [0.2, 0.25) is 5.91 Å². The summed E-state index contributed by atoms with van der Waals surface area (Å²) in [6.45, 7) is 4.65. The molecule has 0 heterocycles. The number of likely N-dealkylation sites (N-methyl/N-ethyl adjacent to an activating group) is 1. The molecule has 1 amide bonds. The Morgan fingerprint density at radius 2 is 0.984 bits per heavy atom. The fourth-order valence-electron chi connectivity index (χ4n) is 6.67. The lowest BCUT2D eigenvalue weighted by molar-refractivity contribution is -0.870. The zero-order valence-electron chi connectivity index (χ0n) is 40.6. The van der Waals surface area contributed by atoms with E-state index in [2.05, 4.69) is 92.1 Å². The molecule has 0 aliphatic carbocycles. The van der Waals surface area contributed by atoms with Crippen LogP contribution in [-0.4, -0.2) is 73.4 Å². The van der Waals surface area contributed by atoms with Crippen molar-refractivity contribution in [1.82, 2.24) is 5.32 Å². The lowest BCUT2D eigenvalue weighted by Gasteiger charge is -2.25. The number of phosphoric acid groups is 1. The lowest BCUT2D eigenvalue weighted by atomic mass is 10.0. The molecule has 8 nitrogen and oxygen atoms in total. The molecule has 0 aliphatic heterocycles. The maximum atomic E-state index is 12.9. The molecule has 3 N–H and O–H groups in total. The van der Waals surface area contributed by atoms with Crippen molar-refractivity contribution in [3.05, 3.63) is 85.1 Å². The number of carbonyl (C=O) groups excluding carboxylic acids is 1. The Kier molecular flexibility index (Phi) is 42.3. The van der Waals surface area contributed by atoms with Gasteiger partial charge in [-0.3, -0.25) is 13.8 Å². The molecule has 9 heteroatoms. The summed E-state index contributed by atoms with van der Waals surface area (Å²) in [5.74, 6) is -0.221. The lowest BCUT2D eigenvalue weighted by Crippen LogP contribution is -2.45. The molecule has 0 aromatic rings. The first-order valence-electron chi connectivity index (χ1n) is 25.0. The Bertz CT molecular complexity index is 1280. The van der Waals surface area contributed by atoms with Crippen molar-refractivity contribution < 1.29 is 32.9 Å². The van der Waals surface area contributed by atoms with Crippen LogP contribution >= 0.6 is 7.82 Å². The van der Waals surface area contributed by atoms with E-state index in [0.717, 1.165) is 70.6 Å². The number of aliphatic hydroxyl groups is 1. The van der Waals surface area contributed by atoms with Gasteiger partial charge in [0.25, 0.3) is 0 Å². The molecule has 0 saturated carbocycles. The van der Waals surface area contributed by atoms with Crippen molar-refractivity contribution in [2.75, 3.05) is 40.9 Å². The molecule has 0 aliphatic rings. The van der Waals surface area contributed by atoms with Crippen LogP contribution in [0.25, 0.3) is 0 Å². The molecule has 0 fully saturated rings. The number of hydrogen-bond donors (Lipinski definition) is 3. The fourth-order valence-corrected chi connectivity index (χ4v) is 7.41. The quantitative estimate of drug-likeness (QED) is 0.0244. The number of phosphoric ester groups is 1. The summed E-state index contributed by atoms with van der Waals surface area (Å²) in [5.41, 5.74) is 0. The van der Waals surface area contributed by atoms with E-state index in [1.165, 1.54) is 96.3 Å². The van der Waals surface area contributed by atoms with Gasteiger partial charge < -0.3 is 19.8 Å². The van der Waals surface area contributed by atoms with Gasteiger partial charge >= 0.3 is 7.82 Å². The van der Waals surface area contributed by atoms with Gasteiger partial charge in [-0.25, -0.2) is 4.57 Å². The zero-order chi connectivity index (χ0) is 45.7. The summed E-state index contributed by atoms with van der Waals surface area (Å²) < 4.78 is 23.6. The Hall–Kier alpha value is -2.32. The standard InChI is InChI=1S/C53H95N2O6P/c1-6-8-10-12-14-16-18-20-22-24-26-27-29-30-32-34-36-38-40-42-44-46-52(56)51(50-61-62(58,59)60-49-48-55(3,4)5)54-53(57)47-45-43-41-39-37-35-33-31-28-25-23-21-19-17-15-13-11-9-7-2/h9,11,15,17,21,23,28,31,35-38,44,46,51-52,56H,6-8,10,12-14,16,18-20,22,24-27,29-30,32-34,39-43,45,47-50H2,1-5H3,(H-,54,57,58,59)/p+1/b11-9-,17-15-,23-21-,31-28-,37-35-,38-36+,46-44+. The number of carbonyl (C=O) groups is 1. The van der Waals surface area contributed by atoms with Crippen LogP contribution in [0.4, 0.5) is 0 Å². The van der Waals surface area contributed by atoms with Gasteiger partial charge in [-0.05, 0) is 77.0 Å². The molecule has 0 aromatic heterocycles. The molecule has 3 atom stereocenters. The van der Waals surface area contributed by atoms with Crippen LogP contribution in [-0.2, 0) is 18.4 Å². The third kappa shape index (κ3) is 45.7. The molecule has 0 radical (unpaired) electrons. The number of hydrogen-bond acceptors (Lipinski definition) is 5. The van der Waals surface area contributed by atoms with E-state index in [1.807, 2.05) is 27.2 Å². The van der Waals surface area contributed by atoms with Gasteiger partial charge in [-0.2, -0.15) is 0 Å². The SMILES string of the molecule is CC/C=C\C/C=C\C/C=C\C/C=C\C/C=C\CCCCCC(=O)NC(COP(=O)(O)OCC[N+](C)(C)C)C(O)/C=C/CC/C=C/CCCCCCCCCCCCCCCCC. The number of rotatable bonds is 44. The van der Waals surface area contributed by atoms with Crippen LogP contribution in [0.2, 0.25) is 0 Å². The molecule has 0 aromatic carbocycles. The molecule has 358 valence electrons. The van der Waals surface area contributed by atoms with Crippen molar-refractivity contribution in [1.29, 1.82) is 0 Å².